The van der Waals surface area contributed by atoms with Crippen molar-refractivity contribution >= 4 is 29.2 Å². The number of allylic oxidation sites excluding steroid dienone is 1. The molecule has 0 amide bonds. The van der Waals surface area contributed by atoms with E-state index in [9.17, 15) is 4.79 Å². The van der Waals surface area contributed by atoms with Crippen molar-refractivity contribution in [1.82, 2.24) is 0 Å². The molecule has 0 atom stereocenters. The van der Waals surface area contributed by atoms with E-state index in [1.807, 2.05) is 61.5 Å². The zero-order valence-corrected chi connectivity index (χ0v) is 14.1. The van der Waals surface area contributed by atoms with Crippen molar-refractivity contribution in [1.29, 1.82) is 0 Å². The van der Waals surface area contributed by atoms with Gasteiger partial charge in [0.25, 0.3) is 0 Å². The third-order valence-electron chi connectivity index (χ3n) is 3.31. The summed E-state index contributed by atoms with van der Waals surface area (Å²) in [4.78, 5) is 17.7. The van der Waals surface area contributed by atoms with E-state index in [1.165, 1.54) is 14.2 Å². The molecule has 2 aromatic rings. The normalized spacial score (nSPS) is 11.8. The molecule has 0 spiro atoms. The summed E-state index contributed by atoms with van der Waals surface area (Å²) < 4.78 is 9.77. The highest BCUT2D eigenvalue weighted by Crippen LogP contribution is 2.29. The molecule has 0 fully saturated rings. The van der Waals surface area contributed by atoms with Crippen LogP contribution in [0.1, 0.15) is 18.1 Å². The fraction of sp³-hybridized carbons (Fsp3) is 0.167. The Balaban J connectivity index is 2.40. The molecule has 0 saturated carbocycles. The molecule has 0 aliphatic heterocycles. The number of ether oxygens (including phenoxy) is 1. The minimum Gasteiger partial charge on any atom is -0.465 e. The Labute approximate surface area is 140 Å². The Morgan fingerprint density at radius 3 is 2.13 bits per heavy atom. The molecule has 0 unspecified atom stereocenters. The number of hydrogen-bond donors (Lipinski definition) is 0. The van der Waals surface area contributed by atoms with Gasteiger partial charge in [0.05, 0.1) is 31.8 Å². The molecular formula is C18H18O4S. The van der Waals surface area contributed by atoms with Crippen LogP contribution in [0.5, 0.6) is 0 Å². The first-order valence-electron chi connectivity index (χ1n) is 6.99. The molecule has 4 nitrogen and oxygen atoms in total. The van der Waals surface area contributed by atoms with Crippen LogP contribution < -0.4 is 0 Å². The minimum atomic E-state index is -0.352. The maximum atomic E-state index is 12.2. The fourth-order valence-corrected chi connectivity index (χ4v) is 2.57. The van der Waals surface area contributed by atoms with Gasteiger partial charge in [-0.2, -0.15) is 4.33 Å². The number of methoxy groups -OCH3 is 1. The number of esters is 1. The van der Waals surface area contributed by atoms with Crippen LogP contribution in [0.15, 0.2) is 59.5 Å². The summed E-state index contributed by atoms with van der Waals surface area (Å²) in [5.41, 5.74) is 3.18. The van der Waals surface area contributed by atoms with Gasteiger partial charge in [0, 0.05) is 4.90 Å². The Hall–Kier alpha value is -2.08. The van der Waals surface area contributed by atoms with Gasteiger partial charge in [0.1, 0.15) is 0 Å². The van der Waals surface area contributed by atoms with Crippen molar-refractivity contribution in [2.75, 3.05) is 14.2 Å². The average Bonchev–Trinajstić information content (AvgIpc) is 2.61. The van der Waals surface area contributed by atoms with Crippen molar-refractivity contribution in [3.05, 3.63) is 65.7 Å². The van der Waals surface area contributed by atoms with Crippen LogP contribution in [-0.4, -0.2) is 20.2 Å². The monoisotopic (exact) mass is 330 g/mol. The molecule has 0 aliphatic carbocycles. The van der Waals surface area contributed by atoms with Gasteiger partial charge in [-0.15, -0.1) is 0 Å². The van der Waals surface area contributed by atoms with E-state index in [2.05, 4.69) is 4.89 Å². The zero-order valence-electron chi connectivity index (χ0n) is 13.2. The third kappa shape index (κ3) is 4.45. The predicted molar refractivity (Wildman–Crippen MR) is 91.3 cm³/mol. The van der Waals surface area contributed by atoms with Gasteiger partial charge in [0.2, 0.25) is 0 Å². The molecule has 0 bridgehead atoms. The lowest BCUT2D eigenvalue weighted by Crippen LogP contribution is -2.06. The van der Waals surface area contributed by atoms with E-state index in [4.69, 9.17) is 9.07 Å². The lowest BCUT2D eigenvalue weighted by molar-refractivity contribution is -0.160. The Morgan fingerprint density at radius 1 is 0.913 bits per heavy atom. The quantitative estimate of drug-likeness (QED) is 0.196. The predicted octanol–water partition coefficient (Wildman–Crippen LogP) is 4.38. The average molecular weight is 330 g/mol. The maximum absolute atomic E-state index is 12.2. The van der Waals surface area contributed by atoms with Crippen LogP contribution in [0.25, 0.3) is 11.1 Å². The minimum absolute atomic E-state index is 0.352. The van der Waals surface area contributed by atoms with Crippen molar-refractivity contribution in [2.45, 2.75) is 11.8 Å². The molecule has 2 rings (SSSR count). The van der Waals surface area contributed by atoms with E-state index in [0.29, 0.717) is 5.57 Å². The van der Waals surface area contributed by atoms with Gasteiger partial charge in [-0.05, 0) is 35.8 Å². The Bertz CT molecular complexity index is 678. The number of rotatable bonds is 6. The highest BCUT2D eigenvalue weighted by molar-refractivity contribution is 7.94. The molecule has 0 heterocycles. The highest BCUT2D eigenvalue weighted by atomic mass is 32.2. The number of benzene rings is 2. The first-order valence-corrected chi connectivity index (χ1v) is 7.74. The van der Waals surface area contributed by atoms with Gasteiger partial charge in [-0.25, -0.2) is 9.68 Å². The molecular weight excluding hydrogens is 312 g/mol. The summed E-state index contributed by atoms with van der Waals surface area (Å²) in [5, 5.41) is 0. The van der Waals surface area contributed by atoms with Gasteiger partial charge >= 0.3 is 5.97 Å². The first kappa shape index (κ1) is 17.3. The summed E-state index contributed by atoms with van der Waals surface area (Å²) in [6.45, 7) is 1.91. The maximum Gasteiger partial charge on any atom is 0.338 e. The highest BCUT2D eigenvalue weighted by Gasteiger charge is 2.16. The molecule has 0 saturated heterocycles. The fourth-order valence-electron chi connectivity index (χ4n) is 2.17. The zero-order chi connectivity index (χ0) is 16.7. The standard InChI is InChI=1S/C18H18O4S/c1-13(14-9-11-16(12-10-14)23-22-21-3)17(18(19)20-2)15-7-5-4-6-8-15/h4-12H,1-3H3/b17-13+. The molecule has 23 heavy (non-hydrogen) atoms. The molecule has 0 aliphatic rings. The summed E-state index contributed by atoms with van der Waals surface area (Å²) in [6.07, 6.45) is 0. The molecule has 0 aromatic heterocycles. The van der Waals surface area contributed by atoms with E-state index >= 15 is 0 Å². The molecule has 0 N–H and O–H groups in total. The van der Waals surface area contributed by atoms with Gasteiger partial charge in [-0.3, -0.25) is 0 Å². The largest absolute Gasteiger partial charge is 0.465 e. The van der Waals surface area contributed by atoms with Gasteiger partial charge < -0.3 is 4.74 Å². The van der Waals surface area contributed by atoms with Crippen LogP contribution in [0, 0.1) is 0 Å². The van der Waals surface area contributed by atoms with E-state index in [-0.39, 0.29) is 5.97 Å². The second kappa shape index (κ2) is 8.53. The first-order chi connectivity index (χ1) is 11.2. The summed E-state index contributed by atoms with van der Waals surface area (Å²) in [7, 11) is 2.84. The van der Waals surface area contributed by atoms with Crippen LogP contribution in [-0.2, 0) is 18.8 Å². The second-order valence-corrected chi connectivity index (χ2v) is 5.47. The van der Waals surface area contributed by atoms with Crippen molar-refractivity contribution in [3.63, 3.8) is 0 Å². The van der Waals surface area contributed by atoms with Gasteiger partial charge in [0.15, 0.2) is 0 Å². The van der Waals surface area contributed by atoms with Crippen LogP contribution >= 0.6 is 12.0 Å². The van der Waals surface area contributed by atoms with Crippen LogP contribution in [0.4, 0.5) is 0 Å². The van der Waals surface area contributed by atoms with E-state index in [1.54, 1.807) is 0 Å². The van der Waals surface area contributed by atoms with Crippen molar-refractivity contribution in [2.24, 2.45) is 0 Å². The summed E-state index contributed by atoms with van der Waals surface area (Å²) >= 11 is 1.13. The van der Waals surface area contributed by atoms with Gasteiger partial charge in [-0.1, -0.05) is 42.5 Å². The van der Waals surface area contributed by atoms with Crippen molar-refractivity contribution in [3.8, 4) is 0 Å². The number of hydrogen-bond acceptors (Lipinski definition) is 5. The third-order valence-corrected chi connectivity index (χ3v) is 3.98. The molecule has 0 radical (unpaired) electrons. The smallest absolute Gasteiger partial charge is 0.338 e. The second-order valence-electron chi connectivity index (χ2n) is 4.70. The van der Waals surface area contributed by atoms with Crippen LogP contribution in [0.3, 0.4) is 0 Å². The number of carbonyl (C=O) groups is 1. The van der Waals surface area contributed by atoms with E-state index in [0.717, 1.165) is 33.6 Å². The topological polar surface area (TPSA) is 44.8 Å². The molecule has 2 aromatic carbocycles. The van der Waals surface area contributed by atoms with Crippen molar-refractivity contribution < 1.29 is 18.8 Å². The molecule has 5 heteroatoms. The SMILES string of the molecule is COOSc1ccc(/C(C)=C(/C(=O)OC)c2ccccc2)cc1. The lowest BCUT2D eigenvalue weighted by atomic mass is 9.96. The Kier molecular flexibility index (Phi) is 6.40. The Morgan fingerprint density at radius 2 is 1.57 bits per heavy atom. The molecule has 120 valence electrons. The summed E-state index contributed by atoms with van der Waals surface area (Å²) in [6, 6.07) is 17.2. The van der Waals surface area contributed by atoms with Crippen LogP contribution in [0.2, 0.25) is 0 Å². The summed E-state index contributed by atoms with van der Waals surface area (Å²) in [5.74, 6) is -0.352. The number of carbonyl (C=O) groups excluding carboxylic acids is 1. The lowest BCUT2D eigenvalue weighted by Gasteiger charge is -2.11. The van der Waals surface area contributed by atoms with E-state index < -0.39 is 0 Å².